The summed E-state index contributed by atoms with van der Waals surface area (Å²) in [6.07, 6.45) is 0. The second-order valence-electron chi connectivity index (χ2n) is 14.0. The molecule has 0 bridgehead atoms. The molecule has 9 aromatic carbocycles. The Hall–Kier alpha value is -8.38. The second-order valence-corrected chi connectivity index (χ2v) is 14.0. The van der Waals surface area contributed by atoms with Gasteiger partial charge in [0.15, 0.2) is 46.0 Å². The topological polar surface area (TPSA) is 236 Å². The lowest BCUT2D eigenvalue weighted by atomic mass is 9.83. The zero-order chi connectivity index (χ0) is 40.5. The van der Waals surface area contributed by atoms with Crippen molar-refractivity contribution < 1.29 is 60.6 Å². The van der Waals surface area contributed by atoms with E-state index in [0.717, 1.165) is 32.7 Å². The molecule has 284 valence electrons. The molecule has 0 aliphatic heterocycles. The summed E-state index contributed by atoms with van der Waals surface area (Å²) >= 11 is 0. The lowest BCUT2D eigenvalue weighted by molar-refractivity contribution is 0.347. The van der Waals surface area contributed by atoms with Gasteiger partial charge in [-0.25, -0.2) is 0 Å². The standard InChI is InChI=1S/C46H28O12/c47-36-32(39(50)42(53)35-33(36)43(54)45(56)46(57)44(35)55)34-40(51)37(48)31(38(49)41(34)52)30-22-12-5-3-10-20(22)28(21-11-4-6-13-23(21)30)24-14-7-15-26-29(24)25-16-18-8-1-2-9-19(18)17-27(25)58-26/h1-17,47-57H. The summed E-state index contributed by atoms with van der Waals surface area (Å²) in [7, 11) is 0. The Morgan fingerprint density at radius 2 is 0.690 bits per heavy atom. The zero-order valence-corrected chi connectivity index (χ0v) is 29.6. The summed E-state index contributed by atoms with van der Waals surface area (Å²) in [6, 6.07) is 32.2. The fourth-order valence-electron chi connectivity index (χ4n) is 8.45. The molecule has 0 spiro atoms. The van der Waals surface area contributed by atoms with E-state index in [1.54, 1.807) is 24.3 Å². The van der Waals surface area contributed by atoms with Crippen molar-refractivity contribution in [3.05, 3.63) is 103 Å². The third kappa shape index (κ3) is 4.33. The molecule has 0 fully saturated rings. The summed E-state index contributed by atoms with van der Waals surface area (Å²) < 4.78 is 6.39. The first-order chi connectivity index (χ1) is 27.9. The van der Waals surface area contributed by atoms with E-state index in [2.05, 4.69) is 6.07 Å². The van der Waals surface area contributed by atoms with Gasteiger partial charge in [-0.2, -0.15) is 0 Å². The van der Waals surface area contributed by atoms with Gasteiger partial charge in [0.2, 0.25) is 11.5 Å². The van der Waals surface area contributed by atoms with Crippen molar-refractivity contribution in [1.29, 1.82) is 0 Å². The number of fused-ring (bicyclic) bond motifs is 7. The molecule has 0 atom stereocenters. The molecular formula is C46H28O12. The highest BCUT2D eigenvalue weighted by Crippen LogP contribution is 2.64. The highest BCUT2D eigenvalue weighted by atomic mass is 16.4. The largest absolute Gasteiger partial charge is 0.506 e. The predicted octanol–water partition coefficient (Wildman–Crippen LogP) is 9.96. The van der Waals surface area contributed by atoms with Crippen LogP contribution >= 0.6 is 0 Å². The molecule has 10 aromatic rings. The number of benzene rings is 9. The van der Waals surface area contributed by atoms with E-state index < -0.39 is 90.7 Å². The van der Waals surface area contributed by atoms with E-state index in [0.29, 0.717) is 32.7 Å². The molecule has 10 rings (SSSR count). The minimum atomic E-state index is -1.31. The third-order valence-electron chi connectivity index (χ3n) is 11.0. The molecule has 58 heavy (non-hydrogen) atoms. The van der Waals surface area contributed by atoms with Crippen LogP contribution in [0, 0.1) is 0 Å². The second kappa shape index (κ2) is 11.8. The van der Waals surface area contributed by atoms with E-state index in [9.17, 15) is 56.2 Å². The van der Waals surface area contributed by atoms with Gasteiger partial charge in [-0.15, -0.1) is 0 Å². The van der Waals surface area contributed by atoms with Crippen molar-refractivity contribution >= 4 is 65.0 Å². The molecule has 0 saturated carbocycles. The van der Waals surface area contributed by atoms with Crippen molar-refractivity contribution in [2.24, 2.45) is 0 Å². The van der Waals surface area contributed by atoms with Crippen LogP contribution < -0.4 is 0 Å². The van der Waals surface area contributed by atoms with E-state index in [-0.39, 0.29) is 5.56 Å². The fraction of sp³-hybridized carbons (Fsp3) is 0. The number of aromatic hydroxyl groups is 11. The Bertz CT molecular complexity index is 3390. The molecule has 1 aromatic heterocycles. The van der Waals surface area contributed by atoms with Gasteiger partial charge in [-0.1, -0.05) is 84.9 Å². The predicted molar refractivity (Wildman–Crippen MR) is 218 cm³/mol. The Morgan fingerprint density at radius 3 is 1.24 bits per heavy atom. The van der Waals surface area contributed by atoms with Crippen molar-refractivity contribution in [1.82, 2.24) is 0 Å². The van der Waals surface area contributed by atoms with Crippen LogP contribution in [0.3, 0.4) is 0 Å². The number of phenols is 11. The summed E-state index contributed by atoms with van der Waals surface area (Å²) in [5.74, 6) is -13.3. The SMILES string of the molecule is Oc1c(O)c(-c2c3ccccc3c(-c3cccc4oc5cc6ccccc6cc5c34)c3ccccc23)c(O)c(O)c1-c1c(O)c(O)c2c(O)c(O)c(O)c(O)c2c1O. The Balaban J connectivity index is 1.28. The molecule has 1 heterocycles. The first kappa shape index (κ1) is 34.1. The van der Waals surface area contributed by atoms with Gasteiger partial charge < -0.3 is 60.6 Å². The zero-order valence-electron chi connectivity index (χ0n) is 29.6. The van der Waals surface area contributed by atoms with Gasteiger partial charge in [-0.3, -0.25) is 0 Å². The van der Waals surface area contributed by atoms with Crippen molar-refractivity contribution in [2.75, 3.05) is 0 Å². The average molecular weight is 773 g/mol. The van der Waals surface area contributed by atoms with Crippen LogP contribution in [0.4, 0.5) is 0 Å². The van der Waals surface area contributed by atoms with Crippen LogP contribution in [0.25, 0.3) is 98.4 Å². The van der Waals surface area contributed by atoms with Gasteiger partial charge in [0, 0.05) is 16.3 Å². The number of hydrogen-bond donors (Lipinski definition) is 11. The van der Waals surface area contributed by atoms with Gasteiger partial charge >= 0.3 is 0 Å². The lowest BCUT2D eigenvalue weighted by Crippen LogP contribution is -1.94. The number of rotatable bonds is 3. The molecular weight excluding hydrogens is 744 g/mol. The minimum Gasteiger partial charge on any atom is -0.506 e. The molecule has 11 N–H and O–H groups in total. The summed E-state index contributed by atoms with van der Waals surface area (Å²) in [5.41, 5.74) is 0.728. The van der Waals surface area contributed by atoms with Gasteiger partial charge in [0.25, 0.3) is 0 Å². The molecule has 12 nitrogen and oxygen atoms in total. The van der Waals surface area contributed by atoms with Crippen LogP contribution in [0.2, 0.25) is 0 Å². The molecule has 0 aliphatic rings. The lowest BCUT2D eigenvalue weighted by Gasteiger charge is -2.22. The van der Waals surface area contributed by atoms with E-state index in [1.165, 1.54) is 0 Å². The van der Waals surface area contributed by atoms with Crippen LogP contribution in [-0.2, 0) is 0 Å². The number of phenolic OH excluding ortho intramolecular Hbond substituents is 11. The van der Waals surface area contributed by atoms with Crippen LogP contribution in [0.15, 0.2) is 108 Å². The maximum atomic E-state index is 11.8. The quantitative estimate of drug-likeness (QED) is 0.0457. The molecule has 0 radical (unpaired) electrons. The van der Waals surface area contributed by atoms with E-state index in [4.69, 9.17) is 4.42 Å². The smallest absolute Gasteiger partial charge is 0.205 e. The summed E-state index contributed by atoms with van der Waals surface area (Å²) in [4.78, 5) is 0. The van der Waals surface area contributed by atoms with E-state index >= 15 is 0 Å². The highest BCUT2D eigenvalue weighted by molar-refractivity contribution is 6.27. The Labute approximate surface area is 324 Å². The molecule has 0 saturated heterocycles. The molecule has 0 amide bonds. The average Bonchev–Trinajstić information content (AvgIpc) is 3.60. The number of hydrogen-bond acceptors (Lipinski definition) is 12. The van der Waals surface area contributed by atoms with Crippen LogP contribution in [0.5, 0.6) is 63.2 Å². The van der Waals surface area contributed by atoms with Crippen molar-refractivity contribution in [2.45, 2.75) is 0 Å². The van der Waals surface area contributed by atoms with Crippen molar-refractivity contribution in [3.63, 3.8) is 0 Å². The first-order valence-electron chi connectivity index (χ1n) is 17.7. The highest BCUT2D eigenvalue weighted by Gasteiger charge is 2.35. The van der Waals surface area contributed by atoms with Gasteiger partial charge in [-0.05, 0) is 61.6 Å². The maximum Gasteiger partial charge on any atom is 0.205 e. The van der Waals surface area contributed by atoms with Gasteiger partial charge in [0.1, 0.15) is 16.9 Å². The maximum absolute atomic E-state index is 11.8. The van der Waals surface area contributed by atoms with Crippen LogP contribution in [-0.4, -0.2) is 56.2 Å². The monoisotopic (exact) mass is 772 g/mol. The molecule has 12 heteroatoms. The number of furan rings is 1. The first-order valence-corrected chi connectivity index (χ1v) is 17.7. The molecule has 0 aliphatic carbocycles. The summed E-state index contributed by atoms with van der Waals surface area (Å²) in [5, 5.41) is 126. The normalized spacial score (nSPS) is 11.9. The third-order valence-corrected chi connectivity index (χ3v) is 11.0. The summed E-state index contributed by atoms with van der Waals surface area (Å²) in [6.45, 7) is 0. The van der Waals surface area contributed by atoms with Gasteiger partial charge in [0.05, 0.1) is 27.5 Å². The van der Waals surface area contributed by atoms with E-state index in [1.807, 2.05) is 72.8 Å². The van der Waals surface area contributed by atoms with Crippen LogP contribution in [0.1, 0.15) is 0 Å². The Kier molecular flexibility index (Phi) is 6.95. The molecule has 0 unspecified atom stereocenters. The fourth-order valence-corrected chi connectivity index (χ4v) is 8.45. The minimum absolute atomic E-state index is 0.190. The van der Waals surface area contributed by atoms with Crippen molar-refractivity contribution in [3.8, 4) is 96.6 Å². The Morgan fingerprint density at radius 1 is 0.276 bits per heavy atom.